The molecule has 0 bridgehead atoms. The van der Waals surface area contributed by atoms with E-state index in [1.54, 1.807) is 30.3 Å². The predicted octanol–water partition coefficient (Wildman–Crippen LogP) is 6.46. The molecule has 0 aliphatic heterocycles. The second-order valence-electron chi connectivity index (χ2n) is 10.3. The summed E-state index contributed by atoms with van der Waals surface area (Å²) in [6, 6.07) is 12.6. The first-order chi connectivity index (χ1) is 15.4. The third kappa shape index (κ3) is 11.7. The number of benzene rings is 2. The van der Waals surface area contributed by atoms with Gasteiger partial charge in [-0.15, -0.1) is 0 Å². The molecule has 6 nitrogen and oxygen atoms in total. The third-order valence-electron chi connectivity index (χ3n) is 4.27. The van der Waals surface area contributed by atoms with E-state index in [0.717, 1.165) is 17.5 Å². The summed E-state index contributed by atoms with van der Waals surface area (Å²) >= 11 is 0. The van der Waals surface area contributed by atoms with Gasteiger partial charge in [0.1, 0.15) is 0 Å². The molecule has 0 radical (unpaired) electrons. The molecule has 0 unspecified atom stereocenters. The van der Waals surface area contributed by atoms with Crippen molar-refractivity contribution in [3.63, 3.8) is 0 Å². The van der Waals surface area contributed by atoms with Crippen LogP contribution in [0, 0.1) is 10.8 Å². The molecule has 0 fully saturated rings. The highest BCUT2D eigenvalue weighted by Crippen LogP contribution is 2.21. The van der Waals surface area contributed by atoms with Crippen LogP contribution in [0.25, 0.3) is 12.2 Å². The molecule has 0 atom stereocenters. The van der Waals surface area contributed by atoms with Crippen LogP contribution >= 0.6 is 0 Å². The summed E-state index contributed by atoms with van der Waals surface area (Å²) < 4.78 is 59.1. The fourth-order valence-electron chi connectivity index (χ4n) is 2.39. The minimum atomic E-state index is -4.09. The minimum Gasteiger partial charge on any atom is -0.282 e. The summed E-state index contributed by atoms with van der Waals surface area (Å²) in [4.78, 5) is 0.0952. The molecule has 0 spiro atoms. The second-order valence-corrected chi connectivity index (χ2v) is 13.3. The van der Waals surface area contributed by atoms with Crippen molar-refractivity contribution in [2.24, 2.45) is 10.8 Å². The van der Waals surface area contributed by atoms with Crippen LogP contribution in [0.5, 0.6) is 0 Å². The summed E-state index contributed by atoms with van der Waals surface area (Å²) in [6.45, 7) is 16.0. The van der Waals surface area contributed by atoms with Gasteiger partial charge in [-0.05, 0) is 52.6 Å². The molecule has 0 heterocycles. The smallest absolute Gasteiger partial charge is 0.282 e. The highest BCUT2D eigenvalue weighted by Gasteiger charge is 2.19. The van der Waals surface area contributed by atoms with Crippen LogP contribution in [0.3, 0.4) is 0 Å². The molecular weight excluding hydrogens is 472 g/mol. The number of allylic oxidation sites excluding steroid dienone is 1. The molecule has 2 rings (SSSR count). The van der Waals surface area contributed by atoms with Crippen molar-refractivity contribution in [2.45, 2.75) is 57.8 Å². The fourth-order valence-corrected chi connectivity index (χ4v) is 3.99. The van der Waals surface area contributed by atoms with Gasteiger partial charge in [0.25, 0.3) is 20.2 Å². The van der Waals surface area contributed by atoms with E-state index < -0.39 is 20.2 Å². The monoisotopic (exact) mass is 508 g/mol. The topological polar surface area (TPSA) is 97.7 Å². The SMILES string of the molecule is C=Cc1ccc(S(=O)(=O)OCC(C)(C)C)cc1.CC(C)(C)CC=Cc1ccc(S(=O)(=O)O)cc1. The van der Waals surface area contributed by atoms with Gasteiger partial charge in [-0.25, -0.2) is 0 Å². The van der Waals surface area contributed by atoms with Gasteiger partial charge in [-0.3, -0.25) is 8.74 Å². The molecule has 188 valence electrons. The molecule has 1 N–H and O–H groups in total. The van der Waals surface area contributed by atoms with Gasteiger partial charge < -0.3 is 0 Å². The van der Waals surface area contributed by atoms with Crippen molar-refractivity contribution in [2.75, 3.05) is 6.61 Å². The Kier molecular flexibility index (Phi) is 10.4. The van der Waals surface area contributed by atoms with Crippen LogP contribution in [0.4, 0.5) is 0 Å². The van der Waals surface area contributed by atoms with Gasteiger partial charge in [-0.1, -0.05) is 90.6 Å². The first-order valence-corrected chi connectivity index (χ1v) is 13.6. The van der Waals surface area contributed by atoms with Gasteiger partial charge in [0, 0.05) is 0 Å². The van der Waals surface area contributed by atoms with Gasteiger partial charge in [0.15, 0.2) is 0 Å². The van der Waals surface area contributed by atoms with Crippen LogP contribution in [-0.4, -0.2) is 28.0 Å². The van der Waals surface area contributed by atoms with Gasteiger partial charge in [0.05, 0.1) is 16.4 Å². The lowest BCUT2D eigenvalue weighted by Crippen LogP contribution is -2.18. The Balaban J connectivity index is 0.000000340. The summed E-state index contributed by atoms with van der Waals surface area (Å²) in [5.74, 6) is 0. The van der Waals surface area contributed by atoms with Crippen LogP contribution in [0.1, 0.15) is 59.1 Å². The predicted molar refractivity (Wildman–Crippen MR) is 138 cm³/mol. The average Bonchev–Trinajstić information content (AvgIpc) is 2.71. The van der Waals surface area contributed by atoms with Crippen molar-refractivity contribution in [1.82, 2.24) is 0 Å². The van der Waals surface area contributed by atoms with E-state index in [9.17, 15) is 16.8 Å². The van der Waals surface area contributed by atoms with Crippen molar-refractivity contribution < 1.29 is 25.6 Å². The fraction of sp³-hybridized carbons (Fsp3) is 0.385. The lowest BCUT2D eigenvalue weighted by atomic mass is 9.92. The van der Waals surface area contributed by atoms with Crippen molar-refractivity contribution in [3.8, 4) is 0 Å². The first-order valence-electron chi connectivity index (χ1n) is 10.8. The van der Waals surface area contributed by atoms with Crippen molar-refractivity contribution >= 4 is 32.4 Å². The minimum absolute atomic E-state index is 0.0783. The molecular formula is C26H36O6S2. The molecule has 2 aromatic carbocycles. The zero-order valence-electron chi connectivity index (χ0n) is 20.8. The van der Waals surface area contributed by atoms with E-state index in [1.165, 1.54) is 24.3 Å². The molecule has 0 aliphatic rings. The molecule has 0 saturated heterocycles. The summed E-state index contributed by atoms with van der Waals surface area (Å²) in [6.07, 6.45) is 6.61. The second kappa shape index (κ2) is 11.9. The lowest BCUT2D eigenvalue weighted by Gasteiger charge is -2.17. The van der Waals surface area contributed by atoms with Crippen LogP contribution in [0.15, 0.2) is 71.0 Å². The third-order valence-corrected chi connectivity index (χ3v) is 6.42. The number of hydrogen-bond acceptors (Lipinski definition) is 5. The van der Waals surface area contributed by atoms with E-state index in [1.807, 2.05) is 26.8 Å². The Bertz CT molecular complexity index is 1160. The first kappa shape index (κ1) is 29.8. The molecule has 0 aliphatic carbocycles. The summed E-state index contributed by atoms with van der Waals surface area (Å²) in [5.41, 5.74) is 1.85. The van der Waals surface area contributed by atoms with Crippen LogP contribution in [-0.2, 0) is 24.4 Å². The zero-order valence-corrected chi connectivity index (χ0v) is 22.4. The highest BCUT2D eigenvalue weighted by molar-refractivity contribution is 7.86. The maximum atomic E-state index is 11.8. The molecule has 2 aromatic rings. The van der Waals surface area contributed by atoms with Crippen molar-refractivity contribution in [3.05, 3.63) is 72.3 Å². The average molecular weight is 509 g/mol. The molecule has 0 amide bonds. The quantitative estimate of drug-likeness (QED) is 0.340. The Morgan fingerprint density at radius 1 is 0.794 bits per heavy atom. The number of rotatable bonds is 7. The Hall–Kier alpha value is -2.26. The van der Waals surface area contributed by atoms with E-state index in [4.69, 9.17) is 8.74 Å². The largest absolute Gasteiger partial charge is 0.296 e. The maximum absolute atomic E-state index is 11.8. The molecule has 8 heteroatoms. The standard InChI is InChI=1S/2C13H18O3S/c1-13(2,3)10-4-5-11-6-8-12(9-7-11)17(14,15)16;1-5-11-6-8-12(9-7-11)17(14,15)16-10-13(2,3)4/h4-9H,10H2,1-3H3,(H,14,15,16);5-9H,1,10H2,2-4H3. The van der Waals surface area contributed by atoms with E-state index >= 15 is 0 Å². The van der Waals surface area contributed by atoms with Crippen molar-refractivity contribution in [1.29, 1.82) is 0 Å². The zero-order chi connectivity index (χ0) is 26.2. The maximum Gasteiger partial charge on any atom is 0.296 e. The van der Waals surface area contributed by atoms with E-state index in [0.29, 0.717) is 0 Å². The normalized spacial score (nSPS) is 12.8. The van der Waals surface area contributed by atoms with Crippen LogP contribution < -0.4 is 0 Å². The summed E-state index contributed by atoms with van der Waals surface area (Å²) in [5, 5.41) is 0. The van der Waals surface area contributed by atoms with Gasteiger partial charge in [-0.2, -0.15) is 16.8 Å². The van der Waals surface area contributed by atoms with E-state index in [-0.39, 0.29) is 27.2 Å². The summed E-state index contributed by atoms with van der Waals surface area (Å²) in [7, 11) is -7.74. The highest BCUT2D eigenvalue weighted by atomic mass is 32.2. The molecule has 0 saturated carbocycles. The Labute approximate surface area is 205 Å². The molecule has 34 heavy (non-hydrogen) atoms. The van der Waals surface area contributed by atoms with Crippen LogP contribution in [0.2, 0.25) is 0 Å². The van der Waals surface area contributed by atoms with Gasteiger partial charge >= 0.3 is 0 Å². The van der Waals surface area contributed by atoms with E-state index in [2.05, 4.69) is 33.4 Å². The molecule has 0 aromatic heterocycles. The van der Waals surface area contributed by atoms with Gasteiger partial charge in [0.2, 0.25) is 0 Å². The Morgan fingerprint density at radius 3 is 1.68 bits per heavy atom. The number of hydrogen-bond donors (Lipinski definition) is 1. The lowest BCUT2D eigenvalue weighted by molar-refractivity contribution is 0.203. The Morgan fingerprint density at radius 2 is 1.26 bits per heavy atom.